The zero-order valence-corrected chi connectivity index (χ0v) is 13.8. The van der Waals surface area contributed by atoms with Gasteiger partial charge >= 0.3 is 0 Å². The Labute approximate surface area is 128 Å². The van der Waals surface area contributed by atoms with E-state index in [-0.39, 0.29) is 0 Å². The third-order valence-corrected chi connectivity index (χ3v) is 4.47. The Bertz CT molecular complexity index is 449. The minimum Gasteiger partial charge on any atom is -0.388 e. The molecule has 0 unspecified atom stereocenters. The van der Waals surface area contributed by atoms with Crippen molar-refractivity contribution in [2.75, 3.05) is 30.4 Å². The molecule has 1 fully saturated rings. The number of rotatable bonds is 6. The highest BCUT2D eigenvalue weighted by molar-refractivity contribution is 9.10. The van der Waals surface area contributed by atoms with E-state index in [4.69, 9.17) is 0 Å². The normalized spacial score (nSPS) is 17.2. The number of hydrogen-bond acceptors (Lipinski definition) is 5. The van der Waals surface area contributed by atoms with Crippen molar-refractivity contribution < 1.29 is 5.11 Å². The Morgan fingerprint density at radius 2 is 2.10 bits per heavy atom. The summed E-state index contributed by atoms with van der Waals surface area (Å²) < 4.78 is 0.859. The molecule has 1 aliphatic carbocycles. The molecule has 112 valence electrons. The van der Waals surface area contributed by atoms with Gasteiger partial charge < -0.3 is 15.3 Å². The Kier molecular flexibility index (Phi) is 5.21. The maximum absolute atomic E-state index is 10.5. The number of anilines is 2. The summed E-state index contributed by atoms with van der Waals surface area (Å²) in [4.78, 5) is 10.6. The van der Waals surface area contributed by atoms with Gasteiger partial charge in [-0.1, -0.05) is 19.8 Å². The van der Waals surface area contributed by atoms with E-state index in [0.717, 1.165) is 54.8 Å². The smallest absolute Gasteiger partial charge is 0.148 e. The summed E-state index contributed by atoms with van der Waals surface area (Å²) in [6.07, 6.45) is 6.58. The molecule has 0 spiro atoms. The van der Waals surface area contributed by atoms with Gasteiger partial charge in [0.05, 0.1) is 5.60 Å². The zero-order valence-electron chi connectivity index (χ0n) is 12.2. The molecule has 0 radical (unpaired) electrons. The molecule has 0 saturated heterocycles. The van der Waals surface area contributed by atoms with Gasteiger partial charge in [0.15, 0.2) is 0 Å². The van der Waals surface area contributed by atoms with Crippen LogP contribution in [0.1, 0.15) is 39.0 Å². The maximum Gasteiger partial charge on any atom is 0.148 e. The summed E-state index contributed by atoms with van der Waals surface area (Å²) >= 11 is 3.57. The molecule has 1 aliphatic rings. The Morgan fingerprint density at radius 1 is 1.40 bits per heavy atom. The Hall–Kier alpha value is -0.880. The van der Waals surface area contributed by atoms with Crippen molar-refractivity contribution >= 4 is 27.6 Å². The zero-order chi connectivity index (χ0) is 14.6. The third kappa shape index (κ3) is 3.61. The van der Waals surface area contributed by atoms with Gasteiger partial charge in [0.1, 0.15) is 22.4 Å². The fourth-order valence-corrected chi connectivity index (χ4v) is 3.35. The monoisotopic (exact) mass is 342 g/mol. The Morgan fingerprint density at radius 3 is 2.75 bits per heavy atom. The average molecular weight is 343 g/mol. The first kappa shape index (κ1) is 15.5. The van der Waals surface area contributed by atoms with Crippen molar-refractivity contribution in [2.45, 2.75) is 44.6 Å². The van der Waals surface area contributed by atoms with Crippen LogP contribution >= 0.6 is 15.9 Å². The highest BCUT2D eigenvalue weighted by Crippen LogP contribution is 2.33. The van der Waals surface area contributed by atoms with E-state index in [9.17, 15) is 5.11 Å². The van der Waals surface area contributed by atoms with E-state index >= 15 is 0 Å². The van der Waals surface area contributed by atoms with Crippen LogP contribution in [0.15, 0.2) is 10.8 Å². The van der Waals surface area contributed by atoms with Crippen molar-refractivity contribution in [3.8, 4) is 0 Å². The van der Waals surface area contributed by atoms with Crippen LogP contribution in [0.5, 0.6) is 0 Å². The first-order valence-electron chi connectivity index (χ1n) is 7.23. The number of likely N-dealkylation sites (N-methyl/N-ethyl adjacent to an activating group) is 1. The summed E-state index contributed by atoms with van der Waals surface area (Å²) in [5, 5.41) is 13.8. The molecule has 0 aliphatic heterocycles. The average Bonchev–Trinajstić information content (AvgIpc) is 2.84. The van der Waals surface area contributed by atoms with Crippen LogP contribution in [0.4, 0.5) is 11.6 Å². The molecule has 0 atom stereocenters. The summed E-state index contributed by atoms with van der Waals surface area (Å²) in [5.41, 5.74) is -0.573. The quantitative estimate of drug-likeness (QED) is 0.832. The molecule has 2 rings (SSSR count). The lowest BCUT2D eigenvalue weighted by atomic mass is 10.0. The van der Waals surface area contributed by atoms with Crippen molar-refractivity contribution in [1.82, 2.24) is 9.97 Å². The number of halogens is 1. The van der Waals surface area contributed by atoms with Gasteiger partial charge in [-0.05, 0) is 35.2 Å². The van der Waals surface area contributed by atoms with Crippen LogP contribution in [-0.4, -0.2) is 40.8 Å². The number of nitrogens with zero attached hydrogens (tertiary/aromatic N) is 3. The molecule has 20 heavy (non-hydrogen) atoms. The lowest BCUT2D eigenvalue weighted by molar-refractivity contribution is 0.0557. The second kappa shape index (κ2) is 6.72. The van der Waals surface area contributed by atoms with Gasteiger partial charge in [-0.15, -0.1) is 0 Å². The number of hydrogen-bond donors (Lipinski definition) is 2. The maximum atomic E-state index is 10.5. The third-order valence-electron chi connectivity index (χ3n) is 3.74. The molecular formula is C14H23BrN4O. The molecule has 6 heteroatoms. The van der Waals surface area contributed by atoms with Crippen molar-refractivity contribution in [2.24, 2.45) is 0 Å². The van der Waals surface area contributed by atoms with Gasteiger partial charge in [-0.25, -0.2) is 9.97 Å². The topological polar surface area (TPSA) is 61.3 Å². The van der Waals surface area contributed by atoms with Gasteiger partial charge in [-0.3, -0.25) is 0 Å². The van der Waals surface area contributed by atoms with E-state index in [1.807, 2.05) is 11.9 Å². The van der Waals surface area contributed by atoms with Crippen LogP contribution in [0.25, 0.3) is 0 Å². The Balaban J connectivity index is 2.11. The molecule has 1 aromatic heterocycles. The molecule has 1 saturated carbocycles. The summed E-state index contributed by atoms with van der Waals surface area (Å²) in [5.74, 6) is 1.63. The second-order valence-electron chi connectivity index (χ2n) is 5.57. The summed E-state index contributed by atoms with van der Waals surface area (Å²) in [6.45, 7) is 3.60. The van der Waals surface area contributed by atoms with Crippen LogP contribution in [-0.2, 0) is 0 Å². The number of aliphatic hydroxyl groups is 1. The van der Waals surface area contributed by atoms with Crippen LogP contribution in [0.3, 0.4) is 0 Å². The van der Waals surface area contributed by atoms with Crippen molar-refractivity contribution in [3.63, 3.8) is 0 Å². The first-order chi connectivity index (χ1) is 9.56. The van der Waals surface area contributed by atoms with Gasteiger partial charge in [0.25, 0.3) is 0 Å². The van der Waals surface area contributed by atoms with Crippen molar-refractivity contribution in [1.29, 1.82) is 0 Å². The molecule has 0 aromatic carbocycles. The van der Waals surface area contributed by atoms with E-state index in [0.29, 0.717) is 6.54 Å². The summed E-state index contributed by atoms with van der Waals surface area (Å²) in [7, 11) is 1.97. The molecule has 1 heterocycles. The largest absolute Gasteiger partial charge is 0.388 e. The molecule has 1 aromatic rings. The molecule has 2 N–H and O–H groups in total. The van der Waals surface area contributed by atoms with E-state index in [1.54, 1.807) is 6.33 Å². The second-order valence-corrected chi connectivity index (χ2v) is 6.37. The molecule has 0 bridgehead atoms. The standard InChI is InChI=1S/C14H23BrN4O/c1-3-8-16-12-11(15)13(18-10-17-12)19(2)9-14(20)6-4-5-7-14/h10,20H,3-9H2,1-2H3,(H,16,17,18). The van der Waals surface area contributed by atoms with Gasteiger partial charge in [-0.2, -0.15) is 0 Å². The molecule has 5 nitrogen and oxygen atoms in total. The molecular weight excluding hydrogens is 320 g/mol. The fourth-order valence-electron chi connectivity index (χ4n) is 2.70. The van der Waals surface area contributed by atoms with Crippen molar-refractivity contribution in [3.05, 3.63) is 10.8 Å². The van der Waals surface area contributed by atoms with Crippen LogP contribution in [0, 0.1) is 0 Å². The fraction of sp³-hybridized carbons (Fsp3) is 0.714. The number of nitrogens with one attached hydrogen (secondary N) is 1. The lowest BCUT2D eigenvalue weighted by Gasteiger charge is -2.30. The van der Waals surface area contributed by atoms with Gasteiger partial charge in [0, 0.05) is 20.1 Å². The number of aromatic nitrogens is 2. The highest BCUT2D eigenvalue weighted by Gasteiger charge is 2.33. The van der Waals surface area contributed by atoms with E-state index in [1.165, 1.54) is 0 Å². The lowest BCUT2D eigenvalue weighted by Crippen LogP contribution is -2.39. The minimum atomic E-state index is -0.573. The SMILES string of the molecule is CCCNc1ncnc(N(C)CC2(O)CCCC2)c1Br. The predicted molar refractivity (Wildman–Crippen MR) is 85.2 cm³/mol. The van der Waals surface area contributed by atoms with Gasteiger partial charge in [0.2, 0.25) is 0 Å². The predicted octanol–water partition coefficient (Wildman–Crippen LogP) is 2.80. The minimum absolute atomic E-state index is 0.573. The summed E-state index contributed by atoms with van der Waals surface area (Å²) in [6, 6.07) is 0. The van der Waals surface area contributed by atoms with Crippen LogP contribution in [0.2, 0.25) is 0 Å². The van der Waals surface area contributed by atoms with Crippen LogP contribution < -0.4 is 10.2 Å². The van der Waals surface area contributed by atoms with E-state index in [2.05, 4.69) is 38.1 Å². The first-order valence-corrected chi connectivity index (χ1v) is 8.03. The van der Waals surface area contributed by atoms with E-state index < -0.39 is 5.60 Å². The highest BCUT2D eigenvalue weighted by atomic mass is 79.9. The molecule has 0 amide bonds.